The maximum absolute atomic E-state index is 13.4. The molecule has 1 aromatic heterocycles. The van der Waals surface area contributed by atoms with Gasteiger partial charge in [0.05, 0.1) is 11.6 Å². The Morgan fingerprint density at radius 1 is 1.03 bits per heavy atom. The molecule has 6 heteroatoms. The lowest BCUT2D eigenvalue weighted by molar-refractivity contribution is -0.139. The molecule has 2 amide bonds. The van der Waals surface area contributed by atoms with Crippen LogP contribution in [0.25, 0.3) is 11.1 Å². The number of aryl methyl sites for hydroxylation is 2. The summed E-state index contributed by atoms with van der Waals surface area (Å²) in [6, 6.07) is 16.9. The van der Waals surface area contributed by atoms with Crippen molar-refractivity contribution < 1.29 is 9.59 Å². The van der Waals surface area contributed by atoms with Gasteiger partial charge in [0.2, 0.25) is 11.8 Å². The summed E-state index contributed by atoms with van der Waals surface area (Å²) in [6.45, 7) is 5.24. The highest BCUT2D eigenvalue weighted by Crippen LogP contribution is 2.37. The first-order valence-electron chi connectivity index (χ1n) is 11.4. The van der Waals surface area contributed by atoms with Crippen LogP contribution >= 0.6 is 0 Å². The zero-order valence-corrected chi connectivity index (χ0v) is 19.9. The first-order chi connectivity index (χ1) is 15.8. The highest BCUT2D eigenvalue weighted by molar-refractivity contribution is 5.85. The number of hydrogen-bond donors (Lipinski definition) is 0. The number of carbonyl (C=O) groups is 2. The van der Waals surface area contributed by atoms with E-state index in [1.807, 2.05) is 18.0 Å². The maximum Gasteiger partial charge on any atom is 0.244 e. The summed E-state index contributed by atoms with van der Waals surface area (Å²) in [6.07, 6.45) is 4.87. The third-order valence-electron chi connectivity index (χ3n) is 6.48. The van der Waals surface area contributed by atoms with Gasteiger partial charge >= 0.3 is 0 Å². The van der Waals surface area contributed by atoms with Crippen LogP contribution < -0.4 is 0 Å². The van der Waals surface area contributed by atoms with Gasteiger partial charge < -0.3 is 9.80 Å². The highest BCUT2D eigenvalue weighted by atomic mass is 16.2. The summed E-state index contributed by atoms with van der Waals surface area (Å²) < 4.78 is 1.66. The summed E-state index contributed by atoms with van der Waals surface area (Å²) in [5.74, 6) is 0.0772. The first-order valence-corrected chi connectivity index (χ1v) is 11.4. The highest BCUT2D eigenvalue weighted by Gasteiger charge is 2.46. The van der Waals surface area contributed by atoms with Gasteiger partial charge in [0.15, 0.2) is 0 Å². The van der Waals surface area contributed by atoms with Crippen LogP contribution in [0.1, 0.15) is 23.1 Å². The average molecular weight is 445 g/mol. The number of amides is 2. The van der Waals surface area contributed by atoms with Crippen LogP contribution in [0.4, 0.5) is 0 Å². The number of aromatic nitrogens is 2. The van der Waals surface area contributed by atoms with E-state index in [-0.39, 0.29) is 18.4 Å². The van der Waals surface area contributed by atoms with Gasteiger partial charge in [0.1, 0.15) is 6.54 Å². The van der Waals surface area contributed by atoms with Crippen LogP contribution in [-0.2, 0) is 22.6 Å². The topological polar surface area (TPSA) is 58.4 Å². The average Bonchev–Trinajstić information content (AvgIpc) is 3.40. The minimum atomic E-state index is -0.620. The van der Waals surface area contributed by atoms with Crippen molar-refractivity contribution >= 4 is 11.8 Å². The first kappa shape index (κ1) is 22.8. The fourth-order valence-corrected chi connectivity index (χ4v) is 4.74. The van der Waals surface area contributed by atoms with Crippen molar-refractivity contribution in [3.8, 4) is 11.1 Å². The number of rotatable bonds is 6. The van der Waals surface area contributed by atoms with Gasteiger partial charge in [0, 0.05) is 33.4 Å². The van der Waals surface area contributed by atoms with Crippen molar-refractivity contribution in [2.75, 3.05) is 27.2 Å². The summed E-state index contributed by atoms with van der Waals surface area (Å²) in [7, 11) is 3.59. The molecule has 2 aromatic carbocycles. The molecule has 2 heterocycles. The summed E-state index contributed by atoms with van der Waals surface area (Å²) in [4.78, 5) is 29.8. The molecule has 0 aliphatic carbocycles. The third kappa shape index (κ3) is 5.00. The predicted octanol–water partition coefficient (Wildman–Crippen LogP) is 3.72. The van der Waals surface area contributed by atoms with Crippen LogP contribution in [0.5, 0.6) is 0 Å². The van der Waals surface area contributed by atoms with E-state index in [9.17, 15) is 9.59 Å². The van der Waals surface area contributed by atoms with Gasteiger partial charge in [-0.2, -0.15) is 5.10 Å². The van der Waals surface area contributed by atoms with Crippen LogP contribution in [0, 0.1) is 19.3 Å². The van der Waals surface area contributed by atoms with E-state index < -0.39 is 5.41 Å². The lowest BCUT2D eigenvalue weighted by Crippen LogP contribution is -2.45. The molecular weight excluding hydrogens is 412 g/mol. The molecule has 0 spiro atoms. The minimum Gasteiger partial charge on any atom is -0.348 e. The van der Waals surface area contributed by atoms with Crippen molar-refractivity contribution in [3.05, 3.63) is 77.6 Å². The molecule has 3 aromatic rings. The molecule has 1 aliphatic rings. The Hall–Kier alpha value is -3.41. The molecule has 33 heavy (non-hydrogen) atoms. The Morgan fingerprint density at radius 3 is 2.45 bits per heavy atom. The van der Waals surface area contributed by atoms with E-state index in [1.54, 1.807) is 29.9 Å². The van der Waals surface area contributed by atoms with Gasteiger partial charge in [0.25, 0.3) is 0 Å². The second-order valence-corrected chi connectivity index (χ2v) is 9.50. The zero-order valence-electron chi connectivity index (χ0n) is 19.9. The number of nitrogens with zero attached hydrogens (tertiary/aromatic N) is 4. The van der Waals surface area contributed by atoms with Gasteiger partial charge in [-0.1, -0.05) is 54.1 Å². The minimum absolute atomic E-state index is 0.0000581. The van der Waals surface area contributed by atoms with Crippen molar-refractivity contribution in [3.63, 3.8) is 0 Å². The van der Waals surface area contributed by atoms with Crippen molar-refractivity contribution in [1.82, 2.24) is 19.6 Å². The van der Waals surface area contributed by atoms with E-state index in [2.05, 4.69) is 60.6 Å². The fraction of sp³-hybridized carbons (Fsp3) is 0.370. The van der Waals surface area contributed by atoms with Crippen molar-refractivity contribution in [2.45, 2.75) is 33.2 Å². The molecule has 0 bridgehead atoms. The van der Waals surface area contributed by atoms with Gasteiger partial charge in [-0.05, 0) is 48.9 Å². The van der Waals surface area contributed by atoms with Crippen LogP contribution in [0.3, 0.4) is 0 Å². The Morgan fingerprint density at radius 2 is 1.79 bits per heavy atom. The number of benzene rings is 2. The Kier molecular flexibility index (Phi) is 6.36. The third-order valence-corrected chi connectivity index (χ3v) is 6.48. The van der Waals surface area contributed by atoms with E-state index >= 15 is 0 Å². The molecule has 1 atom stereocenters. The van der Waals surface area contributed by atoms with E-state index in [0.717, 1.165) is 22.3 Å². The van der Waals surface area contributed by atoms with Gasteiger partial charge in [-0.3, -0.25) is 14.3 Å². The maximum atomic E-state index is 13.4. The van der Waals surface area contributed by atoms with Crippen molar-refractivity contribution in [1.29, 1.82) is 0 Å². The zero-order chi connectivity index (χ0) is 23.6. The fourth-order valence-electron chi connectivity index (χ4n) is 4.74. The molecule has 6 nitrogen and oxygen atoms in total. The smallest absolute Gasteiger partial charge is 0.244 e. The molecule has 0 radical (unpaired) electrons. The van der Waals surface area contributed by atoms with E-state index in [4.69, 9.17) is 0 Å². The number of carbonyl (C=O) groups excluding carboxylic acids is 2. The standard InChI is InChI=1S/C27H32N4O2/c1-20-8-10-23(11-9-20)24-7-5-6-22(14-24)15-27(26(33)29(3)4)12-13-30(19-27)25(32)18-31-17-21(2)16-28-31/h5-11,14,16-17H,12-13,15,18-19H2,1-4H3/t27-/m0/s1. The Labute approximate surface area is 195 Å². The molecule has 172 valence electrons. The number of hydrogen-bond acceptors (Lipinski definition) is 3. The number of likely N-dealkylation sites (tertiary alicyclic amines) is 1. The Bertz CT molecular complexity index is 1150. The summed E-state index contributed by atoms with van der Waals surface area (Å²) in [5, 5.41) is 4.23. The van der Waals surface area contributed by atoms with Gasteiger partial charge in [-0.25, -0.2) is 0 Å². The quantitative estimate of drug-likeness (QED) is 0.582. The molecular formula is C27H32N4O2. The van der Waals surface area contributed by atoms with Crippen molar-refractivity contribution in [2.24, 2.45) is 5.41 Å². The van der Waals surface area contributed by atoms with Crippen LogP contribution in [0.2, 0.25) is 0 Å². The Balaban J connectivity index is 1.56. The van der Waals surface area contributed by atoms with E-state index in [1.165, 1.54) is 5.56 Å². The lowest BCUT2D eigenvalue weighted by Gasteiger charge is -2.31. The monoisotopic (exact) mass is 444 g/mol. The molecule has 0 saturated carbocycles. The molecule has 1 saturated heterocycles. The predicted molar refractivity (Wildman–Crippen MR) is 130 cm³/mol. The summed E-state index contributed by atoms with van der Waals surface area (Å²) >= 11 is 0. The largest absolute Gasteiger partial charge is 0.348 e. The second-order valence-electron chi connectivity index (χ2n) is 9.50. The molecule has 0 N–H and O–H groups in total. The molecule has 1 aliphatic heterocycles. The second kappa shape index (κ2) is 9.22. The normalized spacial score (nSPS) is 17.9. The van der Waals surface area contributed by atoms with Crippen LogP contribution in [0.15, 0.2) is 60.9 Å². The summed E-state index contributed by atoms with van der Waals surface area (Å²) in [5.41, 5.74) is 5.04. The van der Waals surface area contributed by atoms with Gasteiger partial charge in [-0.15, -0.1) is 0 Å². The lowest BCUT2D eigenvalue weighted by atomic mass is 9.79. The molecule has 4 rings (SSSR count). The van der Waals surface area contributed by atoms with Crippen LogP contribution in [-0.4, -0.2) is 58.6 Å². The molecule has 0 unspecified atom stereocenters. The van der Waals surface area contributed by atoms with E-state index in [0.29, 0.717) is 25.9 Å². The molecule has 1 fully saturated rings. The SMILES string of the molecule is Cc1ccc(-c2cccc(C[C@@]3(C(=O)N(C)C)CCN(C(=O)Cn4cc(C)cn4)C3)c2)cc1.